The molecule has 94 valence electrons. The van der Waals surface area contributed by atoms with Crippen molar-refractivity contribution in [3.63, 3.8) is 0 Å². The highest BCUT2D eigenvalue weighted by atomic mass is 79.9. The first kappa shape index (κ1) is 13.6. The minimum absolute atomic E-state index is 0.176. The summed E-state index contributed by atoms with van der Waals surface area (Å²) in [6.45, 7) is 4.05. The highest BCUT2D eigenvalue weighted by molar-refractivity contribution is 9.11. The van der Waals surface area contributed by atoms with Gasteiger partial charge in [0, 0.05) is 25.6 Å². The number of halogens is 2. The minimum Gasteiger partial charge on any atom is -0.397 e. The number of amides is 1. The Kier molecular flexibility index (Phi) is 4.09. The molecule has 1 heterocycles. The number of nitrogens with one attached hydrogen (secondary N) is 1. The Morgan fingerprint density at radius 3 is 2.89 bits per heavy atom. The lowest BCUT2D eigenvalue weighted by Gasteiger charge is -2.02. The Bertz CT molecular complexity index is 636. The molecule has 1 aromatic carbocycles. The fourth-order valence-electron chi connectivity index (χ4n) is 1.51. The monoisotopic (exact) mass is 388 g/mol. The first-order valence-corrected chi connectivity index (χ1v) is 7.48. The summed E-state index contributed by atoms with van der Waals surface area (Å²) in [5.41, 5.74) is 6.53. The van der Waals surface area contributed by atoms with Crippen LogP contribution in [0, 0.1) is 0 Å². The van der Waals surface area contributed by atoms with E-state index < -0.39 is 0 Å². The Morgan fingerprint density at radius 2 is 2.22 bits per heavy atom. The lowest BCUT2D eigenvalue weighted by Crippen LogP contribution is -2.24. The smallest absolute Gasteiger partial charge is 0.263 e. The van der Waals surface area contributed by atoms with Crippen LogP contribution in [0.5, 0.6) is 0 Å². The third-order valence-electron chi connectivity index (χ3n) is 2.34. The van der Waals surface area contributed by atoms with Crippen molar-refractivity contribution in [2.75, 3.05) is 12.3 Å². The summed E-state index contributed by atoms with van der Waals surface area (Å²) in [6, 6.07) is 5.79. The van der Waals surface area contributed by atoms with Crippen molar-refractivity contribution in [1.82, 2.24) is 5.32 Å². The number of anilines is 1. The van der Waals surface area contributed by atoms with E-state index in [0.29, 0.717) is 17.1 Å². The molecule has 3 nitrogen and oxygen atoms in total. The quantitative estimate of drug-likeness (QED) is 0.836. The third kappa shape index (κ3) is 2.76. The molecule has 2 rings (SSSR count). The van der Waals surface area contributed by atoms with E-state index in [1.807, 2.05) is 18.2 Å². The summed E-state index contributed by atoms with van der Waals surface area (Å²) in [4.78, 5) is 12.5. The van der Waals surface area contributed by atoms with Gasteiger partial charge in [-0.3, -0.25) is 4.79 Å². The average Bonchev–Trinajstić information content (AvgIpc) is 2.64. The molecule has 0 radical (unpaired) electrons. The Morgan fingerprint density at radius 1 is 1.50 bits per heavy atom. The minimum atomic E-state index is -0.176. The van der Waals surface area contributed by atoms with Crippen LogP contribution < -0.4 is 11.1 Å². The fraction of sp³-hybridized carbons (Fsp3) is 0.0833. The van der Waals surface area contributed by atoms with E-state index in [0.717, 1.165) is 19.0 Å². The summed E-state index contributed by atoms with van der Waals surface area (Å²) in [6.07, 6.45) is 0. The topological polar surface area (TPSA) is 55.1 Å². The first-order chi connectivity index (χ1) is 8.49. The molecule has 0 fully saturated rings. The predicted octanol–water partition coefficient (Wildman–Crippen LogP) is 3.88. The van der Waals surface area contributed by atoms with Gasteiger partial charge in [0.2, 0.25) is 0 Å². The SMILES string of the molecule is C=C(Br)CNC(=O)c1sc2ccc(Br)cc2c1N. The van der Waals surface area contributed by atoms with Crippen LogP contribution in [0.25, 0.3) is 10.1 Å². The van der Waals surface area contributed by atoms with Crippen LogP contribution in [0.4, 0.5) is 5.69 Å². The largest absolute Gasteiger partial charge is 0.397 e. The lowest BCUT2D eigenvalue weighted by atomic mass is 10.2. The van der Waals surface area contributed by atoms with Gasteiger partial charge in [-0.15, -0.1) is 11.3 Å². The second kappa shape index (κ2) is 5.42. The zero-order valence-electron chi connectivity index (χ0n) is 9.30. The van der Waals surface area contributed by atoms with Gasteiger partial charge in [0.1, 0.15) is 4.88 Å². The maximum atomic E-state index is 12.0. The van der Waals surface area contributed by atoms with E-state index in [1.54, 1.807) is 0 Å². The first-order valence-electron chi connectivity index (χ1n) is 5.08. The number of carbonyl (C=O) groups is 1. The zero-order valence-corrected chi connectivity index (χ0v) is 13.3. The average molecular weight is 390 g/mol. The summed E-state index contributed by atoms with van der Waals surface area (Å²) in [5, 5.41) is 3.65. The predicted molar refractivity (Wildman–Crippen MR) is 84.3 cm³/mol. The summed E-state index contributed by atoms with van der Waals surface area (Å²) >= 11 is 7.98. The van der Waals surface area contributed by atoms with E-state index >= 15 is 0 Å². The number of carbonyl (C=O) groups excluding carboxylic acids is 1. The van der Waals surface area contributed by atoms with Crippen LogP contribution in [0.3, 0.4) is 0 Å². The van der Waals surface area contributed by atoms with Crippen LogP contribution >= 0.6 is 43.2 Å². The molecule has 2 aromatic rings. The van der Waals surface area contributed by atoms with Crippen molar-refractivity contribution in [3.8, 4) is 0 Å². The van der Waals surface area contributed by atoms with E-state index in [2.05, 4.69) is 43.8 Å². The van der Waals surface area contributed by atoms with Gasteiger partial charge in [0.25, 0.3) is 5.91 Å². The van der Waals surface area contributed by atoms with Gasteiger partial charge >= 0.3 is 0 Å². The van der Waals surface area contributed by atoms with Gasteiger partial charge in [0.15, 0.2) is 0 Å². The Hall–Kier alpha value is -0.850. The van der Waals surface area contributed by atoms with Crippen molar-refractivity contribution in [1.29, 1.82) is 0 Å². The molecule has 0 atom stereocenters. The molecule has 0 spiro atoms. The molecule has 0 aliphatic rings. The highest BCUT2D eigenvalue weighted by Gasteiger charge is 2.16. The van der Waals surface area contributed by atoms with E-state index in [1.165, 1.54) is 11.3 Å². The summed E-state index contributed by atoms with van der Waals surface area (Å²) < 4.78 is 2.66. The van der Waals surface area contributed by atoms with Crippen molar-refractivity contribution in [2.45, 2.75) is 0 Å². The summed E-state index contributed by atoms with van der Waals surface area (Å²) in [7, 11) is 0. The number of nitrogens with two attached hydrogens (primary N) is 1. The van der Waals surface area contributed by atoms with Gasteiger partial charge < -0.3 is 11.1 Å². The maximum absolute atomic E-state index is 12.0. The van der Waals surface area contributed by atoms with Crippen molar-refractivity contribution in [2.24, 2.45) is 0 Å². The van der Waals surface area contributed by atoms with Crippen molar-refractivity contribution < 1.29 is 4.79 Å². The maximum Gasteiger partial charge on any atom is 0.263 e. The molecule has 18 heavy (non-hydrogen) atoms. The van der Waals surface area contributed by atoms with Crippen LogP contribution in [0.15, 0.2) is 33.7 Å². The van der Waals surface area contributed by atoms with E-state index in [4.69, 9.17) is 5.73 Å². The molecule has 6 heteroatoms. The molecule has 0 aliphatic carbocycles. The van der Waals surface area contributed by atoms with Gasteiger partial charge in [-0.25, -0.2) is 0 Å². The normalized spacial score (nSPS) is 10.6. The molecular weight excluding hydrogens is 380 g/mol. The summed E-state index contributed by atoms with van der Waals surface area (Å²) in [5.74, 6) is -0.176. The fourth-order valence-corrected chi connectivity index (χ4v) is 3.03. The number of rotatable bonds is 3. The molecule has 1 aromatic heterocycles. The Balaban J connectivity index is 2.36. The van der Waals surface area contributed by atoms with Gasteiger partial charge in [-0.05, 0) is 18.2 Å². The zero-order chi connectivity index (χ0) is 13.3. The highest BCUT2D eigenvalue weighted by Crippen LogP contribution is 2.35. The number of hydrogen-bond donors (Lipinski definition) is 2. The standard InChI is InChI=1S/C12H10Br2N2OS/c1-6(13)5-16-12(17)11-10(15)8-4-7(14)2-3-9(8)18-11/h2-4H,1,5,15H2,(H,16,17). The Labute approximate surface area is 125 Å². The van der Waals surface area contributed by atoms with Crippen LogP contribution in [-0.4, -0.2) is 12.5 Å². The number of thiophene rings is 1. The van der Waals surface area contributed by atoms with E-state index in [-0.39, 0.29) is 5.91 Å². The van der Waals surface area contributed by atoms with Crippen LogP contribution in [0.1, 0.15) is 9.67 Å². The molecular formula is C12H10Br2N2OS. The molecule has 0 bridgehead atoms. The third-order valence-corrected chi connectivity index (χ3v) is 4.29. The lowest BCUT2D eigenvalue weighted by molar-refractivity contribution is 0.0962. The molecule has 1 amide bonds. The molecule has 3 N–H and O–H groups in total. The van der Waals surface area contributed by atoms with E-state index in [9.17, 15) is 4.79 Å². The molecule has 0 unspecified atom stereocenters. The van der Waals surface area contributed by atoms with Crippen molar-refractivity contribution >= 4 is 64.9 Å². The van der Waals surface area contributed by atoms with Crippen LogP contribution in [0.2, 0.25) is 0 Å². The number of nitrogen functional groups attached to an aromatic ring is 1. The number of fused-ring (bicyclic) bond motifs is 1. The number of benzene rings is 1. The molecule has 0 aliphatic heterocycles. The molecule has 0 saturated carbocycles. The second-order valence-corrected chi connectivity index (χ2v) is 6.77. The van der Waals surface area contributed by atoms with Crippen molar-refractivity contribution in [3.05, 3.63) is 38.6 Å². The van der Waals surface area contributed by atoms with Crippen LogP contribution in [-0.2, 0) is 0 Å². The van der Waals surface area contributed by atoms with Gasteiger partial charge in [0.05, 0.1) is 5.69 Å². The number of hydrogen-bond acceptors (Lipinski definition) is 3. The second-order valence-electron chi connectivity index (χ2n) is 3.69. The van der Waals surface area contributed by atoms with Gasteiger partial charge in [-0.2, -0.15) is 0 Å². The molecule has 0 saturated heterocycles. The van der Waals surface area contributed by atoms with Gasteiger partial charge in [-0.1, -0.05) is 38.4 Å².